The van der Waals surface area contributed by atoms with Gasteiger partial charge >= 0.3 is 0 Å². The standard InChI is InChI=1S/C17H17ClN2O/c1-3-21-14-7-5-13(6-8-14)20-16-10-12(2)4-9-15(16)19-17(20)11-18/h4-10H,3,11H2,1-2H3. The van der Waals surface area contributed by atoms with E-state index in [0.29, 0.717) is 12.5 Å². The van der Waals surface area contributed by atoms with Gasteiger partial charge in [0.15, 0.2) is 0 Å². The van der Waals surface area contributed by atoms with E-state index in [4.69, 9.17) is 16.3 Å². The van der Waals surface area contributed by atoms with Crippen molar-refractivity contribution in [2.24, 2.45) is 0 Å². The lowest BCUT2D eigenvalue weighted by atomic mass is 10.2. The van der Waals surface area contributed by atoms with Crippen molar-refractivity contribution in [3.8, 4) is 11.4 Å². The van der Waals surface area contributed by atoms with E-state index in [9.17, 15) is 0 Å². The molecular formula is C17H17ClN2O. The van der Waals surface area contributed by atoms with Gasteiger partial charge in [-0.2, -0.15) is 0 Å². The fourth-order valence-corrected chi connectivity index (χ4v) is 2.65. The molecule has 0 saturated heterocycles. The second-order valence-corrected chi connectivity index (χ2v) is 5.18. The summed E-state index contributed by atoms with van der Waals surface area (Å²) in [6.07, 6.45) is 0. The molecule has 0 saturated carbocycles. The maximum absolute atomic E-state index is 6.07. The van der Waals surface area contributed by atoms with Gasteiger partial charge in [-0.05, 0) is 55.8 Å². The fraction of sp³-hybridized carbons (Fsp3) is 0.235. The second kappa shape index (κ2) is 5.78. The monoisotopic (exact) mass is 300 g/mol. The van der Waals surface area contributed by atoms with Crippen molar-refractivity contribution in [3.05, 3.63) is 53.9 Å². The van der Waals surface area contributed by atoms with Gasteiger partial charge in [-0.1, -0.05) is 6.07 Å². The Morgan fingerprint density at radius 2 is 1.90 bits per heavy atom. The Labute approximate surface area is 129 Å². The highest BCUT2D eigenvalue weighted by Crippen LogP contribution is 2.25. The molecule has 21 heavy (non-hydrogen) atoms. The van der Waals surface area contributed by atoms with E-state index < -0.39 is 0 Å². The summed E-state index contributed by atoms with van der Waals surface area (Å²) in [5.74, 6) is 2.09. The molecule has 3 aromatic rings. The largest absolute Gasteiger partial charge is 0.494 e. The second-order valence-electron chi connectivity index (χ2n) is 4.92. The summed E-state index contributed by atoms with van der Waals surface area (Å²) < 4.78 is 7.59. The van der Waals surface area contributed by atoms with Gasteiger partial charge in [0.25, 0.3) is 0 Å². The number of imidazole rings is 1. The molecule has 0 N–H and O–H groups in total. The van der Waals surface area contributed by atoms with Crippen molar-refractivity contribution >= 4 is 22.6 Å². The van der Waals surface area contributed by atoms with Crippen molar-refractivity contribution in [3.63, 3.8) is 0 Å². The highest BCUT2D eigenvalue weighted by molar-refractivity contribution is 6.17. The molecule has 108 valence electrons. The summed E-state index contributed by atoms with van der Waals surface area (Å²) in [6, 6.07) is 14.2. The number of aryl methyl sites for hydroxylation is 1. The normalized spacial score (nSPS) is 11.0. The highest BCUT2D eigenvalue weighted by atomic mass is 35.5. The molecule has 4 heteroatoms. The summed E-state index contributed by atoms with van der Waals surface area (Å²) in [5.41, 5.74) is 4.29. The van der Waals surface area contributed by atoms with Gasteiger partial charge in [0.05, 0.1) is 23.5 Å². The molecule has 1 aromatic heterocycles. The minimum absolute atomic E-state index is 0.376. The number of hydrogen-bond acceptors (Lipinski definition) is 2. The Morgan fingerprint density at radius 3 is 2.57 bits per heavy atom. The van der Waals surface area contributed by atoms with Gasteiger partial charge in [-0.3, -0.25) is 4.57 Å². The highest BCUT2D eigenvalue weighted by Gasteiger charge is 2.11. The molecule has 1 heterocycles. The van der Waals surface area contributed by atoms with E-state index in [1.165, 1.54) is 5.56 Å². The van der Waals surface area contributed by atoms with Crippen LogP contribution in [0.1, 0.15) is 18.3 Å². The third-order valence-electron chi connectivity index (χ3n) is 3.40. The number of fused-ring (bicyclic) bond motifs is 1. The third kappa shape index (κ3) is 2.61. The van der Waals surface area contributed by atoms with E-state index >= 15 is 0 Å². The lowest BCUT2D eigenvalue weighted by Crippen LogP contribution is -1.99. The molecule has 3 nitrogen and oxygen atoms in total. The number of hydrogen-bond donors (Lipinski definition) is 0. The molecule has 0 bridgehead atoms. The minimum atomic E-state index is 0.376. The minimum Gasteiger partial charge on any atom is -0.494 e. The number of rotatable bonds is 4. The summed E-state index contributed by atoms with van der Waals surface area (Å²) in [5, 5.41) is 0. The molecule has 0 radical (unpaired) electrons. The summed E-state index contributed by atoms with van der Waals surface area (Å²) in [4.78, 5) is 4.61. The smallest absolute Gasteiger partial charge is 0.129 e. The molecule has 2 aromatic carbocycles. The number of alkyl halides is 1. The molecule has 0 fully saturated rings. The van der Waals surface area contributed by atoms with Crippen molar-refractivity contribution < 1.29 is 4.74 Å². The van der Waals surface area contributed by atoms with Gasteiger partial charge in [-0.15, -0.1) is 11.6 Å². The van der Waals surface area contributed by atoms with E-state index in [2.05, 4.69) is 28.6 Å². The molecule has 0 aliphatic rings. The van der Waals surface area contributed by atoms with Crippen LogP contribution in [0.25, 0.3) is 16.7 Å². The van der Waals surface area contributed by atoms with E-state index in [1.807, 2.05) is 37.3 Å². The molecule has 0 atom stereocenters. The molecule has 3 rings (SSSR count). The molecule has 0 aliphatic carbocycles. The summed E-state index contributed by atoms with van der Waals surface area (Å²) in [7, 11) is 0. The third-order valence-corrected chi connectivity index (χ3v) is 3.64. The first-order chi connectivity index (χ1) is 10.2. The molecule has 0 aliphatic heterocycles. The van der Waals surface area contributed by atoms with Gasteiger partial charge in [0.1, 0.15) is 11.6 Å². The fourth-order valence-electron chi connectivity index (χ4n) is 2.47. The van der Waals surface area contributed by atoms with Crippen molar-refractivity contribution in [2.45, 2.75) is 19.7 Å². The maximum atomic E-state index is 6.07. The SMILES string of the molecule is CCOc1ccc(-n2c(CCl)nc3ccc(C)cc32)cc1. The Balaban J connectivity index is 2.15. The van der Waals surface area contributed by atoms with Crippen molar-refractivity contribution in [2.75, 3.05) is 6.61 Å². The zero-order chi connectivity index (χ0) is 14.8. The Morgan fingerprint density at radius 1 is 1.14 bits per heavy atom. The predicted molar refractivity (Wildman–Crippen MR) is 86.5 cm³/mol. The van der Waals surface area contributed by atoms with Crippen molar-refractivity contribution in [1.82, 2.24) is 9.55 Å². The number of benzene rings is 2. The van der Waals surface area contributed by atoms with Gasteiger partial charge < -0.3 is 4.74 Å². The van der Waals surface area contributed by atoms with Gasteiger partial charge in [0.2, 0.25) is 0 Å². The van der Waals surface area contributed by atoms with Crippen molar-refractivity contribution in [1.29, 1.82) is 0 Å². The van der Waals surface area contributed by atoms with Crippen LogP contribution in [0.3, 0.4) is 0 Å². The van der Waals surface area contributed by atoms with Crippen LogP contribution in [0.5, 0.6) is 5.75 Å². The number of halogens is 1. The Kier molecular flexibility index (Phi) is 3.84. The maximum Gasteiger partial charge on any atom is 0.129 e. The first-order valence-corrected chi connectivity index (χ1v) is 7.53. The van der Waals surface area contributed by atoms with Crippen LogP contribution in [-0.2, 0) is 5.88 Å². The molecule has 0 amide bonds. The lowest BCUT2D eigenvalue weighted by Gasteiger charge is -2.09. The van der Waals surface area contributed by atoms with Crippen LogP contribution in [0.4, 0.5) is 0 Å². The predicted octanol–water partition coefficient (Wildman–Crippen LogP) is 4.47. The summed E-state index contributed by atoms with van der Waals surface area (Å²) in [6.45, 7) is 4.72. The number of ether oxygens (including phenoxy) is 1. The van der Waals surface area contributed by atoms with E-state index in [0.717, 1.165) is 28.3 Å². The zero-order valence-electron chi connectivity index (χ0n) is 12.1. The zero-order valence-corrected chi connectivity index (χ0v) is 12.9. The van der Waals surface area contributed by atoms with Gasteiger partial charge in [0, 0.05) is 5.69 Å². The topological polar surface area (TPSA) is 27.1 Å². The quantitative estimate of drug-likeness (QED) is 0.665. The lowest BCUT2D eigenvalue weighted by molar-refractivity contribution is 0.340. The Bertz CT molecular complexity index is 762. The molecule has 0 spiro atoms. The van der Waals surface area contributed by atoms with Crippen LogP contribution in [-0.4, -0.2) is 16.2 Å². The molecular weight excluding hydrogens is 284 g/mol. The number of aromatic nitrogens is 2. The van der Waals surface area contributed by atoms with Crippen LogP contribution < -0.4 is 4.74 Å². The average Bonchev–Trinajstić information content (AvgIpc) is 2.86. The van der Waals surface area contributed by atoms with Gasteiger partial charge in [-0.25, -0.2) is 4.98 Å². The van der Waals surface area contributed by atoms with Crippen LogP contribution in [0, 0.1) is 6.92 Å². The van der Waals surface area contributed by atoms with E-state index in [-0.39, 0.29) is 0 Å². The first-order valence-electron chi connectivity index (χ1n) is 7.00. The molecule has 0 unspecified atom stereocenters. The van der Waals surface area contributed by atoms with Crippen LogP contribution in [0.2, 0.25) is 0 Å². The Hall–Kier alpha value is -2.00. The van der Waals surface area contributed by atoms with Crippen LogP contribution in [0.15, 0.2) is 42.5 Å². The average molecular weight is 301 g/mol. The van der Waals surface area contributed by atoms with E-state index in [1.54, 1.807) is 0 Å². The van der Waals surface area contributed by atoms with Crippen LogP contribution >= 0.6 is 11.6 Å². The first kappa shape index (κ1) is 14.0. The summed E-state index contributed by atoms with van der Waals surface area (Å²) >= 11 is 6.07. The number of nitrogens with zero attached hydrogens (tertiary/aromatic N) is 2.